The summed E-state index contributed by atoms with van der Waals surface area (Å²) in [6, 6.07) is 66.4. The molecule has 9 aromatic carbocycles. The Balaban J connectivity index is 1.08. The predicted molar refractivity (Wildman–Crippen MR) is 257 cm³/mol. The molecule has 0 radical (unpaired) electrons. The third-order valence-electron chi connectivity index (χ3n) is 14.0. The molecule has 0 bridgehead atoms. The maximum atomic E-state index is 5.27. The Kier molecular flexibility index (Phi) is 7.10. The van der Waals surface area contributed by atoms with Gasteiger partial charge in [-0.2, -0.15) is 0 Å². The van der Waals surface area contributed by atoms with Crippen LogP contribution in [0.5, 0.6) is 0 Å². The van der Waals surface area contributed by atoms with Crippen LogP contribution < -0.4 is 0 Å². The predicted octanol–water partition coefficient (Wildman–Crippen LogP) is 14.6. The van der Waals surface area contributed by atoms with Crippen molar-refractivity contribution in [3.05, 3.63) is 204 Å². The lowest BCUT2D eigenvalue weighted by Gasteiger charge is -2.25. The van der Waals surface area contributed by atoms with Gasteiger partial charge in [0.25, 0.3) is 0 Å². The van der Waals surface area contributed by atoms with Crippen molar-refractivity contribution in [3.63, 3.8) is 0 Å². The normalized spacial score (nSPS) is 14.4. The molecule has 2 aromatic heterocycles. The summed E-state index contributed by atoms with van der Waals surface area (Å²) in [5.41, 5.74) is 18.9. The lowest BCUT2D eigenvalue weighted by atomic mass is 9.78. The Morgan fingerprint density at radius 2 is 0.710 bits per heavy atom. The standard InChI is InChI=1S/C58H42N4/c1-57(2)45-31-42-44-34-52(62-50-30-18-16-28-48(50)60-56(62)36-21-9-6-10-22-36)38-24-12-14-26-40(38)54(44)58(3,4)46(42)32-41(45)43-33-51(37-23-11-13-25-39(37)53(43)57)61-49-29-17-15-27-47(49)59-55(61)35-19-7-5-8-20-35/h5-34H,1-4H3. The zero-order chi connectivity index (χ0) is 41.5. The fourth-order valence-electron chi connectivity index (χ4n) is 11.3. The highest BCUT2D eigenvalue weighted by molar-refractivity contribution is 6.07. The second-order valence-corrected chi connectivity index (χ2v) is 18.2. The number of aromatic nitrogens is 4. The van der Waals surface area contributed by atoms with Crippen molar-refractivity contribution < 1.29 is 0 Å². The Hall–Kier alpha value is -7.56. The summed E-state index contributed by atoms with van der Waals surface area (Å²) in [5.74, 6) is 1.90. The van der Waals surface area contributed by atoms with Gasteiger partial charge in [0.05, 0.1) is 33.4 Å². The van der Waals surface area contributed by atoms with Crippen LogP contribution in [0.15, 0.2) is 182 Å². The van der Waals surface area contributed by atoms with Gasteiger partial charge in [-0.1, -0.05) is 161 Å². The molecule has 2 aliphatic rings. The molecule has 0 spiro atoms. The third kappa shape index (κ3) is 4.67. The van der Waals surface area contributed by atoms with Crippen molar-refractivity contribution in [2.75, 3.05) is 0 Å². The largest absolute Gasteiger partial charge is 0.292 e. The summed E-state index contributed by atoms with van der Waals surface area (Å²) in [6.45, 7) is 9.70. The van der Waals surface area contributed by atoms with Crippen LogP contribution in [0.25, 0.3) is 100 Å². The average Bonchev–Trinajstić information content (AvgIpc) is 4.01. The van der Waals surface area contributed by atoms with E-state index in [1.165, 1.54) is 66.1 Å². The Labute approximate surface area is 360 Å². The van der Waals surface area contributed by atoms with Crippen molar-refractivity contribution in [2.45, 2.75) is 38.5 Å². The fourth-order valence-corrected chi connectivity index (χ4v) is 11.3. The number of rotatable bonds is 4. The Bertz CT molecular complexity index is 3430. The zero-order valence-corrected chi connectivity index (χ0v) is 35.1. The number of hydrogen-bond donors (Lipinski definition) is 0. The van der Waals surface area contributed by atoms with E-state index in [1.807, 2.05) is 0 Å². The van der Waals surface area contributed by atoms with E-state index in [2.05, 4.69) is 219 Å². The molecule has 11 aromatic rings. The monoisotopic (exact) mass is 794 g/mol. The summed E-state index contributed by atoms with van der Waals surface area (Å²) in [4.78, 5) is 10.5. The molecule has 4 nitrogen and oxygen atoms in total. The van der Waals surface area contributed by atoms with Crippen molar-refractivity contribution in [1.82, 2.24) is 19.1 Å². The molecule has 2 heterocycles. The highest BCUT2D eigenvalue weighted by atomic mass is 15.1. The molecule has 0 fully saturated rings. The number of nitrogens with zero attached hydrogens (tertiary/aromatic N) is 4. The van der Waals surface area contributed by atoms with E-state index in [0.717, 1.165) is 56.2 Å². The number of hydrogen-bond acceptors (Lipinski definition) is 2. The van der Waals surface area contributed by atoms with Crippen LogP contribution in [0, 0.1) is 0 Å². The molecule has 62 heavy (non-hydrogen) atoms. The minimum Gasteiger partial charge on any atom is -0.292 e. The van der Waals surface area contributed by atoms with Crippen molar-refractivity contribution in [2.24, 2.45) is 0 Å². The summed E-state index contributed by atoms with van der Waals surface area (Å²) < 4.78 is 4.78. The van der Waals surface area contributed by atoms with E-state index >= 15 is 0 Å². The van der Waals surface area contributed by atoms with Crippen LogP contribution in [-0.2, 0) is 10.8 Å². The van der Waals surface area contributed by atoms with Gasteiger partial charge >= 0.3 is 0 Å². The molecule has 0 saturated carbocycles. The first-order valence-electron chi connectivity index (χ1n) is 21.7. The molecule has 0 atom stereocenters. The van der Waals surface area contributed by atoms with Crippen molar-refractivity contribution >= 4 is 43.6 Å². The molecule has 13 rings (SSSR count). The first kappa shape index (κ1) is 35.2. The van der Waals surface area contributed by atoms with Gasteiger partial charge in [0, 0.05) is 32.7 Å². The van der Waals surface area contributed by atoms with E-state index in [0.29, 0.717) is 0 Å². The topological polar surface area (TPSA) is 35.6 Å². The Morgan fingerprint density at radius 3 is 1.13 bits per heavy atom. The van der Waals surface area contributed by atoms with E-state index in [-0.39, 0.29) is 10.8 Å². The minimum absolute atomic E-state index is 0.259. The van der Waals surface area contributed by atoms with Gasteiger partial charge in [-0.15, -0.1) is 0 Å². The SMILES string of the molecule is CC1(C)c2cc3c(cc2-c2cc(-n4c(-c5ccccc5)nc5ccccc54)c4ccccc4c21)C(C)(C)c1c-3cc(-n2c(-c3ccccc3)nc3ccccc32)c2ccccc12. The minimum atomic E-state index is -0.259. The number of benzene rings is 9. The summed E-state index contributed by atoms with van der Waals surface area (Å²) >= 11 is 0. The first-order chi connectivity index (χ1) is 30.3. The number of imidazole rings is 2. The molecule has 294 valence electrons. The van der Waals surface area contributed by atoms with Crippen LogP contribution in [0.3, 0.4) is 0 Å². The second kappa shape index (κ2) is 12.5. The highest BCUT2D eigenvalue weighted by Gasteiger charge is 2.44. The van der Waals surface area contributed by atoms with Crippen LogP contribution in [0.1, 0.15) is 49.9 Å². The quantitative estimate of drug-likeness (QED) is 0.178. The van der Waals surface area contributed by atoms with Gasteiger partial charge in [0.15, 0.2) is 0 Å². The molecular weight excluding hydrogens is 753 g/mol. The molecule has 0 saturated heterocycles. The van der Waals surface area contributed by atoms with Crippen LogP contribution >= 0.6 is 0 Å². The molecule has 0 N–H and O–H groups in total. The molecular formula is C58H42N4. The van der Waals surface area contributed by atoms with Crippen LogP contribution in [-0.4, -0.2) is 19.1 Å². The molecule has 4 heteroatoms. The highest BCUT2D eigenvalue weighted by Crippen LogP contribution is 2.59. The van der Waals surface area contributed by atoms with Gasteiger partial charge in [-0.3, -0.25) is 9.13 Å². The lowest BCUT2D eigenvalue weighted by Crippen LogP contribution is -2.17. The molecule has 0 aliphatic heterocycles. The second-order valence-electron chi connectivity index (χ2n) is 18.2. The summed E-state index contributed by atoms with van der Waals surface area (Å²) in [6.07, 6.45) is 0. The van der Waals surface area contributed by atoms with Gasteiger partial charge in [0.2, 0.25) is 0 Å². The first-order valence-corrected chi connectivity index (χ1v) is 21.7. The Morgan fingerprint density at radius 1 is 0.355 bits per heavy atom. The third-order valence-corrected chi connectivity index (χ3v) is 14.0. The lowest BCUT2D eigenvalue weighted by molar-refractivity contribution is 0.657. The van der Waals surface area contributed by atoms with Crippen molar-refractivity contribution in [3.8, 4) is 56.4 Å². The average molecular weight is 795 g/mol. The smallest absolute Gasteiger partial charge is 0.145 e. The number of fused-ring (bicyclic) bond motifs is 12. The zero-order valence-electron chi connectivity index (χ0n) is 35.1. The van der Waals surface area contributed by atoms with Crippen LogP contribution in [0.4, 0.5) is 0 Å². The number of para-hydroxylation sites is 4. The molecule has 2 aliphatic carbocycles. The maximum absolute atomic E-state index is 5.27. The van der Waals surface area contributed by atoms with Gasteiger partial charge in [-0.25, -0.2) is 9.97 Å². The maximum Gasteiger partial charge on any atom is 0.145 e. The van der Waals surface area contributed by atoms with E-state index < -0.39 is 0 Å². The summed E-state index contributed by atoms with van der Waals surface area (Å²) in [5, 5.41) is 5.02. The van der Waals surface area contributed by atoms with Gasteiger partial charge in [-0.05, 0) is 104 Å². The van der Waals surface area contributed by atoms with Gasteiger partial charge < -0.3 is 0 Å². The van der Waals surface area contributed by atoms with Crippen LogP contribution in [0.2, 0.25) is 0 Å². The van der Waals surface area contributed by atoms with E-state index in [9.17, 15) is 0 Å². The van der Waals surface area contributed by atoms with Gasteiger partial charge in [0.1, 0.15) is 11.6 Å². The molecule has 0 amide bonds. The summed E-state index contributed by atoms with van der Waals surface area (Å²) in [7, 11) is 0. The van der Waals surface area contributed by atoms with E-state index in [4.69, 9.17) is 9.97 Å². The molecule has 0 unspecified atom stereocenters. The van der Waals surface area contributed by atoms with E-state index in [1.54, 1.807) is 0 Å². The van der Waals surface area contributed by atoms with Crippen molar-refractivity contribution in [1.29, 1.82) is 0 Å². The fraction of sp³-hybridized carbons (Fsp3) is 0.103.